The van der Waals surface area contributed by atoms with Crippen molar-refractivity contribution < 1.29 is 4.39 Å². The van der Waals surface area contributed by atoms with Crippen molar-refractivity contribution in [2.24, 2.45) is 0 Å². The van der Waals surface area contributed by atoms with E-state index in [1.807, 2.05) is 19.2 Å². The SMILES string of the molecule is CNc1ccc(C2CCN(C(C)C)CC2)c(F)c1. The van der Waals surface area contributed by atoms with Gasteiger partial charge in [0.15, 0.2) is 0 Å². The first-order valence-corrected chi connectivity index (χ1v) is 6.83. The highest BCUT2D eigenvalue weighted by Gasteiger charge is 2.23. The van der Waals surface area contributed by atoms with E-state index in [1.165, 1.54) is 0 Å². The fourth-order valence-corrected chi connectivity index (χ4v) is 2.74. The maximum atomic E-state index is 14.0. The number of benzene rings is 1. The van der Waals surface area contributed by atoms with Crippen LogP contribution in [0.2, 0.25) is 0 Å². The third kappa shape index (κ3) is 2.83. The summed E-state index contributed by atoms with van der Waals surface area (Å²) in [4.78, 5) is 2.47. The van der Waals surface area contributed by atoms with E-state index in [2.05, 4.69) is 24.1 Å². The van der Waals surface area contributed by atoms with E-state index in [0.29, 0.717) is 12.0 Å². The van der Waals surface area contributed by atoms with Gasteiger partial charge in [0.2, 0.25) is 0 Å². The minimum absolute atomic E-state index is 0.0650. The number of likely N-dealkylation sites (tertiary alicyclic amines) is 1. The Bertz CT molecular complexity index is 395. The normalized spacial score (nSPS) is 18.3. The fraction of sp³-hybridized carbons (Fsp3) is 0.600. The van der Waals surface area contributed by atoms with E-state index >= 15 is 0 Å². The average molecular weight is 250 g/mol. The Labute approximate surface area is 109 Å². The number of rotatable bonds is 3. The first-order valence-electron chi connectivity index (χ1n) is 6.83. The van der Waals surface area contributed by atoms with Crippen molar-refractivity contribution in [3.63, 3.8) is 0 Å². The van der Waals surface area contributed by atoms with Crippen LogP contribution >= 0.6 is 0 Å². The third-order valence-electron chi connectivity index (χ3n) is 3.99. The van der Waals surface area contributed by atoms with Gasteiger partial charge < -0.3 is 10.2 Å². The molecule has 1 fully saturated rings. The molecule has 0 amide bonds. The molecule has 1 aromatic carbocycles. The number of piperidine rings is 1. The molecule has 0 spiro atoms. The van der Waals surface area contributed by atoms with Gasteiger partial charge in [-0.2, -0.15) is 0 Å². The molecule has 0 unspecified atom stereocenters. The van der Waals surface area contributed by atoms with Gasteiger partial charge in [0.1, 0.15) is 5.82 Å². The molecule has 0 saturated carbocycles. The third-order valence-corrected chi connectivity index (χ3v) is 3.99. The zero-order chi connectivity index (χ0) is 13.1. The maximum Gasteiger partial charge on any atom is 0.128 e. The van der Waals surface area contributed by atoms with Gasteiger partial charge in [-0.1, -0.05) is 6.07 Å². The molecular weight excluding hydrogens is 227 g/mol. The zero-order valence-electron chi connectivity index (χ0n) is 11.5. The highest BCUT2D eigenvalue weighted by molar-refractivity contribution is 5.45. The summed E-state index contributed by atoms with van der Waals surface area (Å²) in [5, 5.41) is 2.97. The molecule has 1 aromatic rings. The zero-order valence-corrected chi connectivity index (χ0v) is 11.5. The second kappa shape index (κ2) is 5.70. The van der Waals surface area contributed by atoms with Crippen molar-refractivity contribution >= 4 is 5.69 Å². The standard InChI is InChI=1S/C15H23FN2/c1-11(2)18-8-6-12(7-9-18)14-5-4-13(17-3)10-15(14)16/h4-5,10-12,17H,6-9H2,1-3H3. The first kappa shape index (κ1) is 13.3. The van der Waals surface area contributed by atoms with Crippen LogP contribution < -0.4 is 5.32 Å². The highest BCUT2D eigenvalue weighted by atomic mass is 19.1. The summed E-state index contributed by atoms with van der Waals surface area (Å²) in [5.41, 5.74) is 1.73. The highest BCUT2D eigenvalue weighted by Crippen LogP contribution is 2.31. The predicted molar refractivity (Wildman–Crippen MR) is 74.6 cm³/mol. The molecule has 3 heteroatoms. The van der Waals surface area contributed by atoms with E-state index in [-0.39, 0.29) is 5.82 Å². The summed E-state index contributed by atoms with van der Waals surface area (Å²) >= 11 is 0. The Morgan fingerprint density at radius 1 is 1.28 bits per heavy atom. The molecule has 1 heterocycles. The van der Waals surface area contributed by atoms with Gasteiger partial charge in [-0.05, 0) is 63.4 Å². The van der Waals surface area contributed by atoms with Gasteiger partial charge in [0.25, 0.3) is 0 Å². The quantitative estimate of drug-likeness (QED) is 0.884. The van der Waals surface area contributed by atoms with Crippen molar-refractivity contribution in [1.82, 2.24) is 4.90 Å². The molecule has 0 aromatic heterocycles. The number of anilines is 1. The lowest BCUT2D eigenvalue weighted by Gasteiger charge is -2.34. The van der Waals surface area contributed by atoms with Crippen LogP contribution in [0.15, 0.2) is 18.2 Å². The molecule has 0 radical (unpaired) electrons. The van der Waals surface area contributed by atoms with Crippen molar-refractivity contribution in [3.05, 3.63) is 29.6 Å². The van der Waals surface area contributed by atoms with E-state index in [1.54, 1.807) is 6.07 Å². The van der Waals surface area contributed by atoms with Crippen LogP contribution in [0.5, 0.6) is 0 Å². The van der Waals surface area contributed by atoms with Gasteiger partial charge in [0.05, 0.1) is 0 Å². The molecule has 0 aliphatic carbocycles. The Morgan fingerprint density at radius 2 is 1.94 bits per heavy atom. The molecule has 0 bridgehead atoms. The summed E-state index contributed by atoms with van der Waals surface area (Å²) in [5.74, 6) is 0.316. The largest absolute Gasteiger partial charge is 0.388 e. The molecule has 1 aliphatic heterocycles. The summed E-state index contributed by atoms with van der Waals surface area (Å²) in [6.07, 6.45) is 2.13. The van der Waals surface area contributed by atoms with Gasteiger partial charge in [-0.3, -0.25) is 0 Å². The van der Waals surface area contributed by atoms with Gasteiger partial charge in [-0.25, -0.2) is 4.39 Å². The molecule has 2 rings (SSSR count). The lowest BCUT2D eigenvalue weighted by atomic mass is 9.88. The monoisotopic (exact) mass is 250 g/mol. The van der Waals surface area contributed by atoms with E-state index in [0.717, 1.165) is 37.2 Å². The molecular formula is C15H23FN2. The minimum atomic E-state index is -0.0650. The maximum absolute atomic E-state index is 14.0. The predicted octanol–water partition coefficient (Wildman–Crippen LogP) is 3.46. The number of hydrogen-bond acceptors (Lipinski definition) is 2. The molecule has 1 aliphatic rings. The van der Waals surface area contributed by atoms with Crippen molar-refractivity contribution in [2.45, 2.75) is 38.6 Å². The Balaban J connectivity index is 2.05. The molecule has 100 valence electrons. The molecule has 1 saturated heterocycles. The number of hydrogen-bond donors (Lipinski definition) is 1. The average Bonchev–Trinajstić information content (AvgIpc) is 2.38. The van der Waals surface area contributed by atoms with Crippen molar-refractivity contribution in [1.29, 1.82) is 0 Å². The van der Waals surface area contributed by atoms with E-state index in [4.69, 9.17) is 0 Å². The Hall–Kier alpha value is -1.09. The van der Waals surface area contributed by atoms with Crippen LogP contribution in [0.25, 0.3) is 0 Å². The van der Waals surface area contributed by atoms with Crippen LogP contribution in [0.3, 0.4) is 0 Å². The van der Waals surface area contributed by atoms with E-state index < -0.39 is 0 Å². The summed E-state index contributed by atoms with van der Waals surface area (Å²) in [6, 6.07) is 6.11. The number of nitrogens with zero attached hydrogens (tertiary/aromatic N) is 1. The van der Waals surface area contributed by atoms with Crippen molar-refractivity contribution in [3.8, 4) is 0 Å². The molecule has 1 N–H and O–H groups in total. The summed E-state index contributed by atoms with van der Waals surface area (Å²) in [7, 11) is 1.82. The van der Waals surface area contributed by atoms with Crippen LogP contribution in [0.1, 0.15) is 38.2 Å². The smallest absolute Gasteiger partial charge is 0.128 e. The van der Waals surface area contributed by atoms with Crippen LogP contribution in [-0.4, -0.2) is 31.1 Å². The first-order chi connectivity index (χ1) is 8.61. The number of nitrogens with one attached hydrogen (secondary N) is 1. The second-order valence-electron chi connectivity index (χ2n) is 5.39. The van der Waals surface area contributed by atoms with Gasteiger partial charge in [-0.15, -0.1) is 0 Å². The molecule has 18 heavy (non-hydrogen) atoms. The van der Waals surface area contributed by atoms with Crippen molar-refractivity contribution in [2.75, 3.05) is 25.5 Å². The number of halogens is 1. The minimum Gasteiger partial charge on any atom is -0.388 e. The molecule has 0 atom stereocenters. The molecule has 2 nitrogen and oxygen atoms in total. The van der Waals surface area contributed by atoms with Crippen LogP contribution in [0.4, 0.5) is 10.1 Å². The Kier molecular flexibility index (Phi) is 4.23. The second-order valence-corrected chi connectivity index (χ2v) is 5.39. The summed E-state index contributed by atoms with van der Waals surface area (Å²) < 4.78 is 14.0. The summed E-state index contributed by atoms with van der Waals surface area (Å²) in [6.45, 7) is 6.61. The lowest BCUT2D eigenvalue weighted by molar-refractivity contribution is 0.171. The van der Waals surface area contributed by atoms with Gasteiger partial charge >= 0.3 is 0 Å². The van der Waals surface area contributed by atoms with E-state index in [9.17, 15) is 4.39 Å². The Morgan fingerprint density at radius 3 is 2.44 bits per heavy atom. The fourth-order valence-electron chi connectivity index (χ4n) is 2.74. The topological polar surface area (TPSA) is 15.3 Å². The van der Waals surface area contributed by atoms with Gasteiger partial charge in [0, 0.05) is 18.8 Å². The van der Waals surface area contributed by atoms with Crippen LogP contribution in [-0.2, 0) is 0 Å². The lowest BCUT2D eigenvalue weighted by Crippen LogP contribution is -2.37. The van der Waals surface area contributed by atoms with Crippen LogP contribution in [0, 0.1) is 5.82 Å².